The molecule has 1 atom stereocenters. The Morgan fingerprint density at radius 3 is 2.56 bits per heavy atom. The maximum absolute atomic E-state index is 12.9. The molecule has 1 unspecified atom stereocenters. The minimum absolute atomic E-state index is 0.0943. The number of halogens is 5. The lowest BCUT2D eigenvalue weighted by molar-refractivity contribution is -0.149. The first kappa shape index (κ1) is 12.8. The Morgan fingerprint density at radius 1 is 1.22 bits per heavy atom. The topological polar surface area (TPSA) is 21.6 Å². The van der Waals surface area contributed by atoms with Crippen LogP contribution < -0.4 is 0 Å². The van der Waals surface area contributed by atoms with Gasteiger partial charge in [-0.1, -0.05) is 0 Å². The van der Waals surface area contributed by atoms with Gasteiger partial charge in [0, 0.05) is 5.56 Å². The van der Waals surface area contributed by atoms with Crippen LogP contribution in [-0.2, 0) is 4.74 Å². The van der Waals surface area contributed by atoms with Gasteiger partial charge in [-0.05, 0) is 18.2 Å². The molecule has 2 nitrogen and oxygen atoms in total. The Labute approximate surface area is 99.1 Å². The lowest BCUT2D eigenvalue weighted by Gasteiger charge is -2.13. The summed E-state index contributed by atoms with van der Waals surface area (Å²) < 4.78 is 66.9. The lowest BCUT2D eigenvalue weighted by atomic mass is 10.2. The molecule has 18 heavy (non-hydrogen) atoms. The van der Waals surface area contributed by atoms with Crippen LogP contribution in [0.15, 0.2) is 23.2 Å². The summed E-state index contributed by atoms with van der Waals surface area (Å²) >= 11 is 0. The van der Waals surface area contributed by atoms with Gasteiger partial charge in [-0.3, -0.25) is 0 Å². The zero-order valence-corrected chi connectivity index (χ0v) is 8.97. The number of rotatable bonds is 2. The van der Waals surface area contributed by atoms with Gasteiger partial charge < -0.3 is 4.74 Å². The van der Waals surface area contributed by atoms with Crippen molar-refractivity contribution in [3.8, 4) is 0 Å². The van der Waals surface area contributed by atoms with Gasteiger partial charge in [0.1, 0.15) is 6.10 Å². The molecule has 1 aliphatic heterocycles. The molecule has 2 rings (SSSR count). The van der Waals surface area contributed by atoms with Gasteiger partial charge in [0.2, 0.25) is 5.90 Å². The molecule has 7 heteroatoms. The van der Waals surface area contributed by atoms with E-state index < -0.39 is 30.3 Å². The number of ether oxygens (including phenoxy) is 1. The van der Waals surface area contributed by atoms with Crippen LogP contribution in [0.1, 0.15) is 12.0 Å². The van der Waals surface area contributed by atoms with Gasteiger partial charge in [0.15, 0.2) is 11.6 Å². The fourth-order valence-corrected chi connectivity index (χ4v) is 1.57. The number of hydrogen-bond donors (Lipinski definition) is 0. The molecule has 1 aromatic carbocycles. The van der Waals surface area contributed by atoms with Crippen molar-refractivity contribution < 1.29 is 26.7 Å². The van der Waals surface area contributed by atoms with E-state index in [2.05, 4.69) is 4.99 Å². The van der Waals surface area contributed by atoms with Gasteiger partial charge in [-0.2, -0.15) is 13.2 Å². The van der Waals surface area contributed by atoms with Crippen LogP contribution in [0.5, 0.6) is 0 Å². The summed E-state index contributed by atoms with van der Waals surface area (Å²) in [6.07, 6.45) is -6.57. The van der Waals surface area contributed by atoms with Crippen LogP contribution in [-0.4, -0.2) is 24.7 Å². The van der Waals surface area contributed by atoms with E-state index in [1.165, 1.54) is 6.07 Å². The first-order chi connectivity index (χ1) is 8.35. The second-order valence-corrected chi connectivity index (χ2v) is 3.83. The number of hydrogen-bond acceptors (Lipinski definition) is 2. The molecule has 0 aliphatic carbocycles. The lowest BCUT2D eigenvalue weighted by Crippen LogP contribution is -2.22. The molecule has 0 spiro atoms. The predicted octanol–water partition coefficient (Wildman–Crippen LogP) is 3.06. The van der Waals surface area contributed by atoms with Gasteiger partial charge in [-0.15, -0.1) is 0 Å². The van der Waals surface area contributed by atoms with E-state index in [9.17, 15) is 22.0 Å². The van der Waals surface area contributed by atoms with Crippen molar-refractivity contribution in [3.63, 3.8) is 0 Å². The van der Waals surface area contributed by atoms with Crippen molar-refractivity contribution in [1.82, 2.24) is 0 Å². The third-order valence-corrected chi connectivity index (χ3v) is 2.34. The summed E-state index contributed by atoms with van der Waals surface area (Å²) in [5, 5.41) is 0. The Kier molecular flexibility index (Phi) is 3.23. The second kappa shape index (κ2) is 4.55. The van der Waals surface area contributed by atoms with Gasteiger partial charge in [0.25, 0.3) is 0 Å². The van der Waals surface area contributed by atoms with Crippen molar-refractivity contribution in [3.05, 3.63) is 35.4 Å². The SMILES string of the molecule is Fc1ccc(C2=NCC(CC(F)(F)F)O2)cc1F. The van der Waals surface area contributed by atoms with Crippen molar-refractivity contribution in [2.75, 3.05) is 6.54 Å². The number of aliphatic imine (C=N–C) groups is 1. The summed E-state index contributed by atoms with van der Waals surface area (Å²) in [5.74, 6) is -2.23. The van der Waals surface area contributed by atoms with E-state index in [0.717, 1.165) is 12.1 Å². The highest BCUT2D eigenvalue weighted by Crippen LogP contribution is 2.26. The molecule has 0 bridgehead atoms. The smallest absolute Gasteiger partial charge is 0.392 e. The zero-order valence-electron chi connectivity index (χ0n) is 8.97. The summed E-state index contributed by atoms with van der Waals surface area (Å²) in [7, 11) is 0. The van der Waals surface area contributed by atoms with Crippen LogP contribution in [0.25, 0.3) is 0 Å². The first-order valence-corrected chi connectivity index (χ1v) is 5.08. The average Bonchev–Trinajstić information content (AvgIpc) is 2.68. The number of benzene rings is 1. The third-order valence-electron chi connectivity index (χ3n) is 2.34. The van der Waals surface area contributed by atoms with E-state index in [0.29, 0.717) is 0 Å². The fourth-order valence-electron chi connectivity index (χ4n) is 1.57. The highest BCUT2D eigenvalue weighted by Gasteiger charge is 2.35. The average molecular weight is 265 g/mol. The molecule has 0 saturated carbocycles. The molecule has 0 aromatic heterocycles. The van der Waals surface area contributed by atoms with Crippen LogP contribution in [0.4, 0.5) is 22.0 Å². The van der Waals surface area contributed by atoms with E-state index in [-0.39, 0.29) is 18.0 Å². The molecule has 0 saturated heterocycles. The Bertz CT molecular complexity index is 483. The Hall–Kier alpha value is -1.66. The molecular weight excluding hydrogens is 257 g/mol. The van der Waals surface area contributed by atoms with Crippen LogP contribution >= 0.6 is 0 Å². The molecule has 1 aliphatic rings. The standard InChI is InChI=1S/C11H8F5NO/c12-8-2-1-6(3-9(8)13)10-17-5-7(18-10)4-11(14,15)16/h1-3,7H,4-5H2. The summed E-state index contributed by atoms with van der Waals surface area (Å²) in [6.45, 7) is -0.145. The van der Waals surface area contributed by atoms with Gasteiger partial charge >= 0.3 is 6.18 Å². The third kappa shape index (κ3) is 2.96. The van der Waals surface area contributed by atoms with E-state index >= 15 is 0 Å². The largest absolute Gasteiger partial charge is 0.472 e. The minimum Gasteiger partial charge on any atom is -0.472 e. The van der Waals surface area contributed by atoms with Crippen LogP contribution in [0.3, 0.4) is 0 Å². The maximum atomic E-state index is 12.9. The number of nitrogens with zero attached hydrogens (tertiary/aromatic N) is 1. The Morgan fingerprint density at radius 2 is 1.94 bits per heavy atom. The maximum Gasteiger partial charge on any atom is 0.392 e. The second-order valence-electron chi connectivity index (χ2n) is 3.83. The molecule has 0 amide bonds. The molecule has 1 aromatic rings. The summed E-state index contributed by atoms with van der Waals surface area (Å²) in [4.78, 5) is 3.75. The van der Waals surface area contributed by atoms with Crippen molar-refractivity contribution in [2.45, 2.75) is 18.7 Å². The van der Waals surface area contributed by atoms with E-state index in [1.54, 1.807) is 0 Å². The van der Waals surface area contributed by atoms with E-state index in [1.807, 2.05) is 0 Å². The highest BCUT2D eigenvalue weighted by atomic mass is 19.4. The molecule has 0 radical (unpaired) electrons. The van der Waals surface area contributed by atoms with Crippen molar-refractivity contribution >= 4 is 5.90 Å². The van der Waals surface area contributed by atoms with Crippen LogP contribution in [0, 0.1) is 11.6 Å². The molecule has 0 fully saturated rings. The monoisotopic (exact) mass is 265 g/mol. The molecule has 0 N–H and O–H groups in total. The fraction of sp³-hybridized carbons (Fsp3) is 0.364. The summed E-state index contributed by atoms with van der Waals surface area (Å²) in [6, 6.07) is 2.91. The van der Waals surface area contributed by atoms with E-state index in [4.69, 9.17) is 4.74 Å². The molecule has 1 heterocycles. The molecule has 98 valence electrons. The predicted molar refractivity (Wildman–Crippen MR) is 53.3 cm³/mol. The Balaban J connectivity index is 2.06. The van der Waals surface area contributed by atoms with Crippen molar-refractivity contribution in [2.24, 2.45) is 4.99 Å². The minimum atomic E-state index is -4.34. The normalized spacial score (nSPS) is 19.6. The van der Waals surface area contributed by atoms with Gasteiger partial charge in [0.05, 0.1) is 13.0 Å². The first-order valence-electron chi connectivity index (χ1n) is 5.08. The molecular formula is C11H8F5NO. The van der Waals surface area contributed by atoms with Crippen LogP contribution in [0.2, 0.25) is 0 Å². The van der Waals surface area contributed by atoms with Crippen molar-refractivity contribution in [1.29, 1.82) is 0 Å². The number of alkyl halides is 3. The summed E-state index contributed by atoms with van der Waals surface area (Å²) in [5.41, 5.74) is 0.124. The van der Waals surface area contributed by atoms with Gasteiger partial charge in [-0.25, -0.2) is 13.8 Å². The quantitative estimate of drug-likeness (QED) is 0.753. The zero-order chi connectivity index (χ0) is 13.3. The highest BCUT2D eigenvalue weighted by molar-refractivity contribution is 5.95.